The first kappa shape index (κ1) is 24.8. The summed E-state index contributed by atoms with van der Waals surface area (Å²) in [7, 11) is 1.60. The summed E-state index contributed by atoms with van der Waals surface area (Å²) < 4.78 is 11.1. The van der Waals surface area contributed by atoms with E-state index in [9.17, 15) is 9.59 Å². The van der Waals surface area contributed by atoms with Crippen LogP contribution in [-0.4, -0.2) is 43.0 Å². The van der Waals surface area contributed by atoms with Crippen LogP contribution in [0.1, 0.15) is 24.5 Å². The Kier molecular flexibility index (Phi) is 9.52. The minimum Gasteiger partial charge on any atom is -0.497 e. The fourth-order valence-electron chi connectivity index (χ4n) is 3.63. The fourth-order valence-corrected chi connectivity index (χ4v) is 3.63. The first-order valence-corrected chi connectivity index (χ1v) is 11.5. The zero-order valence-corrected chi connectivity index (χ0v) is 19.8. The summed E-state index contributed by atoms with van der Waals surface area (Å²) in [6.07, 6.45) is 1.21. The van der Waals surface area contributed by atoms with Crippen LogP contribution in [0.3, 0.4) is 0 Å². The van der Waals surface area contributed by atoms with Gasteiger partial charge in [-0.05, 0) is 41.8 Å². The number of carbonyl (C=O) groups excluding carboxylic acids is 2. The lowest BCUT2D eigenvalue weighted by atomic mass is 10.0. The van der Waals surface area contributed by atoms with Crippen LogP contribution in [0.25, 0.3) is 0 Å². The number of hydrogen-bond acceptors (Lipinski definition) is 4. The number of ether oxygens (including phenoxy) is 2. The standard InChI is InChI=1S/C28H32N2O4/c1-3-17-29-28(32)26(19-22-11-6-4-7-12-22)30(20-23-13-10-16-25(18-23)33-2)27(31)21-34-24-14-8-5-9-15-24/h4-16,18,26H,3,17,19-21H2,1-2H3,(H,29,32)/t26-/m1/s1. The molecule has 0 aromatic heterocycles. The third kappa shape index (κ3) is 7.37. The Morgan fingerprint density at radius 1 is 0.882 bits per heavy atom. The van der Waals surface area contributed by atoms with Gasteiger partial charge in [-0.3, -0.25) is 9.59 Å². The second kappa shape index (κ2) is 13.0. The summed E-state index contributed by atoms with van der Waals surface area (Å²) in [5.74, 6) is 0.855. The quantitative estimate of drug-likeness (QED) is 0.439. The molecule has 0 aliphatic heterocycles. The van der Waals surface area contributed by atoms with Crippen molar-refractivity contribution in [3.63, 3.8) is 0 Å². The normalized spacial score (nSPS) is 11.4. The molecular weight excluding hydrogens is 428 g/mol. The van der Waals surface area contributed by atoms with Crippen molar-refractivity contribution in [1.82, 2.24) is 10.2 Å². The highest BCUT2D eigenvalue weighted by atomic mass is 16.5. The average molecular weight is 461 g/mol. The minimum atomic E-state index is -0.688. The van der Waals surface area contributed by atoms with Gasteiger partial charge in [0.1, 0.15) is 17.5 Å². The molecule has 3 aromatic carbocycles. The van der Waals surface area contributed by atoms with E-state index in [1.165, 1.54) is 0 Å². The topological polar surface area (TPSA) is 67.9 Å². The van der Waals surface area contributed by atoms with E-state index in [0.717, 1.165) is 17.5 Å². The van der Waals surface area contributed by atoms with E-state index in [4.69, 9.17) is 9.47 Å². The number of hydrogen-bond donors (Lipinski definition) is 1. The maximum absolute atomic E-state index is 13.5. The van der Waals surface area contributed by atoms with Crippen molar-refractivity contribution in [2.24, 2.45) is 0 Å². The third-order valence-corrected chi connectivity index (χ3v) is 5.41. The molecule has 0 fully saturated rings. The van der Waals surface area contributed by atoms with Gasteiger partial charge in [-0.2, -0.15) is 0 Å². The van der Waals surface area contributed by atoms with E-state index >= 15 is 0 Å². The molecule has 1 atom stereocenters. The Morgan fingerprint density at radius 3 is 2.21 bits per heavy atom. The molecule has 178 valence electrons. The summed E-state index contributed by atoms with van der Waals surface area (Å²) >= 11 is 0. The van der Waals surface area contributed by atoms with Crippen molar-refractivity contribution in [2.45, 2.75) is 32.4 Å². The number of benzene rings is 3. The molecule has 0 aliphatic carbocycles. The first-order chi connectivity index (χ1) is 16.6. The van der Waals surface area contributed by atoms with Crippen molar-refractivity contribution >= 4 is 11.8 Å². The van der Waals surface area contributed by atoms with Crippen LogP contribution in [0.5, 0.6) is 11.5 Å². The molecule has 3 aromatic rings. The van der Waals surface area contributed by atoms with E-state index in [2.05, 4.69) is 5.32 Å². The maximum atomic E-state index is 13.5. The lowest BCUT2D eigenvalue weighted by Gasteiger charge is -2.31. The van der Waals surface area contributed by atoms with E-state index in [0.29, 0.717) is 24.5 Å². The van der Waals surface area contributed by atoms with Crippen molar-refractivity contribution in [1.29, 1.82) is 0 Å². The lowest BCUT2D eigenvalue weighted by molar-refractivity contribution is -0.142. The van der Waals surface area contributed by atoms with Gasteiger partial charge < -0.3 is 19.7 Å². The lowest BCUT2D eigenvalue weighted by Crippen LogP contribution is -2.51. The van der Waals surface area contributed by atoms with Gasteiger partial charge in [0, 0.05) is 19.5 Å². The Labute approximate surface area is 201 Å². The maximum Gasteiger partial charge on any atom is 0.261 e. The van der Waals surface area contributed by atoms with Crippen LogP contribution in [0.15, 0.2) is 84.9 Å². The van der Waals surface area contributed by atoms with Gasteiger partial charge in [0.05, 0.1) is 7.11 Å². The minimum absolute atomic E-state index is 0.166. The molecule has 0 bridgehead atoms. The number of carbonyl (C=O) groups is 2. The van der Waals surface area contributed by atoms with Gasteiger partial charge in [-0.1, -0.05) is 67.6 Å². The number of amides is 2. The van der Waals surface area contributed by atoms with E-state index in [1.807, 2.05) is 79.7 Å². The number of nitrogens with one attached hydrogen (secondary N) is 1. The Balaban J connectivity index is 1.90. The number of methoxy groups -OCH3 is 1. The fraction of sp³-hybridized carbons (Fsp3) is 0.286. The van der Waals surface area contributed by atoms with Gasteiger partial charge in [0.15, 0.2) is 6.61 Å². The second-order valence-electron chi connectivity index (χ2n) is 7.97. The SMILES string of the molecule is CCCNC(=O)[C@@H](Cc1ccccc1)N(Cc1cccc(OC)c1)C(=O)COc1ccccc1. The third-order valence-electron chi connectivity index (χ3n) is 5.41. The first-order valence-electron chi connectivity index (χ1n) is 11.5. The molecule has 0 radical (unpaired) electrons. The highest BCUT2D eigenvalue weighted by molar-refractivity contribution is 5.88. The molecule has 6 heteroatoms. The molecule has 0 unspecified atom stereocenters. The van der Waals surface area contributed by atoms with Crippen LogP contribution in [-0.2, 0) is 22.6 Å². The highest BCUT2D eigenvalue weighted by Crippen LogP contribution is 2.19. The Hall–Kier alpha value is -3.80. The summed E-state index contributed by atoms with van der Waals surface area (Å²) in [5, 5.41) is 2.97. The van der Waals surface area contributed by atoms with Crippen molar-refractivity contribution in [2.75, 3.05) is 20.3 Å². The summed E-state index contributed by atoms with van der Waals surface area (Å²) in [5.41, 5.74) is 1.85. The molecule has 1 N–H and O–H groups in total. The van der Waals surface area contributed by atoms with Gasteiger partial charge in [-0.15, -0.1) is 0 Å². The molecular formula is C28H32N2O4. The number of para-hydroxylation sites is 1. The molecule has 0 aliphatic rings. The van der Waals surface area contributed by atoms with Crippen LogP contribution in [0, 0.1) is 0 Å². The Bertz CT molecular complexity index is 1040. The smallest absolute Gasteiger partial charge is 0.261 e. The molecule has 6 nitrogen and oxygen atoms in total. The van der Waals surface area contributed by atoms with Gasteiger partial charge in [-0.25, -0.2) is 0 Å². The molecule has 2 amide bonds. The molecule has 0 heterocycles. The summed E-state index contributed by atoms with van der Waals surface area (Å²) in [6, 6.07) is 25.8. The van der Waals surface area contributed by atoms with Crippen LogP contribution in [0.4, 0.5) is 0 Å². The zero-order valence-electron chi connectivity index (χ0n) is 19.8. The largest absolute Gasteiger partial charge is 0.497 e. The van der Waals surface area contributed by atoms with Crippen molar-refractivity contribution < 1.29 is 19.1 Å². The molecule has 0 spiro atoms. The second-order valence-corrected chi connectivity index (χ2v) is 7.97. The van der Waals surface area contributed by atoms with Crippen LogP contribution in [0.2, 0.25) is 0 Å². The molecule has 0 saturated carbocycles. The van der Waals surface area contributed by atoms with Crippen molar-refractivity contribution in [3.8, 4) is 11.5 Å². The predicted octanol–water partition coefficient (Wildman–Crippen LogP) is 4.24. The van der Waals surface area contributed by atoms with E-state index < -0.39 is 6.04 Å². The molecule has 3 rings (SSSR count). The van der Waals surface area contributed by atoms with Crippen molar-refractivity contribution in [3.05, 3.63) is 96.1 Å². The summed E-state index contributed by atoms with van der Waals surface area (Å²) in [4.78, 5) is 28.4. The monoisotopic (exact) mass is 460 g/mol. The number of rotatable bonds is 12. The van der Waals surface area contributed by atoms with Crippen LogP contribution >= 0.6 is 0 Å². The average Bonchev–Trinajstić information content (AvgIpc) is 2.89. The molecule has 0 saturated heterocycles. The van der Waals surface area contributed by atoms with E-state index in [-0.39, 0.29) is 25.0 Å². The Morgan fingerprint density at radius 2 is 1.53 bits per heavy atom. The van der Waals surface area contributed by atoms with E-state index in [1.54, 1.807) is 24.1 Å². The zero-order chi connectivity index (χ0) is 24.2. The predicted molar refractivity (Wildman–Crippen MR) is 133 cm³/mol. The highest BCUT2D eigenvalue weighted by Gasteiger charge is 2.30. The van der Waals surface area contributed by atoms with Gasteiger partial charge in [0.25, 0.3) is 5.91 Å². The van der Waals surface area contributed by atoms with Gasteiger partial charge in [0.2, 0.25) is 5.91 Å². The summed E-state index contributed by atoms with van der Waals surface area (Å²) in [6.45, 7) is 2.64. The van der Waals surface area contributed by atoms with Gasteiger partial charge >= 0.3 is 0 Å². The molecule has 34 heavy (non-hydrogen) atoms. The number of nitrogens with zero attached hydrogens (tertiary/aromatic N) is 1. The van der Waals surface area contributed by atoms with Crippen LogP contribution < -0.4 is 14.8 Å².